The predicted octanol–water partition coefficient (Wildman–Crippen LogP) is 4.40. The van der Waals surface area contributed by atoms with Crippen LogP contribution in [0.5, 0.6) is 5.75 Å². The Morgan fingerprint density at radius 1 is 1.06 bits per heavy atom. The molecule has 0 bridgehead atoms. The summed E-state index contributed by atoms with van der Waals surface area (Å²) in [7, 11) is 1.62. The molecule has 0 aliphatic rings. The Bertz CT molecular complexity index is 841. The van der Waals surface area contributed by atoms with E-state index in [0.717, 1.165) is 16.9 Å². The second-order valence-corrected chi connectivity index (χ2v) is 8.56. The Balaban J connectivity index is 2.09. The maximum Gasteiger partial charge on any atom is 0.243 e. The number of halogens is 1. The Morgan fingerprint density at radius 2 is 1.68 bits per heavy atom. The summed E-state index contributed by atoms with van der Waals surface area (Å²) < 4.78 is 18.5. The molecule has 0 spiro atoms. The highest BCUT2D eigenvalue weighted by Gasteiger charge is 2.28. The first kappa shape index (κ1) is 24.7. The molecule has 0 saturated carbocycles. The third-order valence-electron chi connectivity index (χ3n) is 4.74. The van der Waals surface area contributed by atoms with Gasteiger partial charge >= 0.3 is 0 Å². The van der Waals surface area contributed by atoms with Gasteiger partial charge in [-0.05, 0) is 55.7 Å². The first-order valence-electron chi connectivity index (χ1n) is 10.4. The van der Waals surface area contributed by atoms with Crippen LogP contribution in [-0.4, -0.2) is 41.7 Å². The fourth-order valence-corrected chi connectivity index (χ4v) is 4.02. The summed E-state index contributed by atoms with van der Waals surface area (Å²) in [5, 5.41) is 2.91. The third-order valence-corrected chi connectivity index (χ3v) is 5.72. The van der Waals surface area contributed by atoms with Crippen molar-refractivity contribution in [3.05, 3.63) is 65.5 Å². The van der Waals surface area contributed by atoms with Crippen LogP contribution in [0.4, 0.5) is 4.39 Å². The molecule has 5 nitrogen and oxygen atoms in total. The van der Waals surface area contributed by atoms with Gasteiger partial charge in [0.25, 0.3) is 0 Å². The maximum absolute atomic E-state index is 13.3. The molecule has 0 aliphatic heterocycles. The number of hydrogen-bond acceptors (Lipinski definition) is 4. The fraction of sp³-hybridized carbons (Fsp3) is 0.417. The maximum atomic E-state index is 13.3. The summed E-state index contributed by atoms with van der Waals surface area (Å²) >= 11 is 1.50. The highest BCUT2D eigenvalue weighted by atomic mass is 32.2. The van der Waals surface area contributed by atoms with E-state index in [9.17, 15) is 14.0 Å². The van der Waals surface area contributed by atoms with Crippen LogP contribution in [0.15, 0.2) is 48.5 Å². The summed E-state index contributed by atoms with van der Waals surface area (Å²) in [6.07, 6.45) is 0.495. The van der Waals surface area contributed by atoms with E-state index in [1.54, 1.807) is 24.1 Å². The van der Waals surface area contributed by atoms with Gasteiger partial charge in [0.1, 0.15) is 17.6 Å². The van der Waals surface area contributed by atoms with Crippen LogP contribution < -0.4 is 10.1 Å². The van der Waals surface area contributed by atoms with Crippen molar-refractivity contribution in [2.75, 3.05) is 12.9 Å². The van der Waals surface area contributed by atoms with Crippen molar-refractivity contribution < 1.29 is 18.7 Å². The monoisotopic (exact) mass is 446 g/mol. The van der Waals surface area contributed by atoms with Crippen molar-refractivity contribution in [2.24, 2.45) is 0 Å². The molecule has 7 heteroatoms. The Labute approximate surface area is 188 Å². The minimum atomic E-state index is -0.582. The van der Waals surface area contributed by atoms with E-state index in [4.69, 9.17) is 4.74 Å². The van der Waals surface area contributed by atoms with E-state index >= 15 is 0 Å². The van der Waals surface area contributed by atoms with Gasteiger partial charge in [-0.25, -0.2) is 4.39 Å². The van der Waals surface area contributed by atoms with Crippen LogP contribution in [0.2, 0.25) is 0 Å². The normalized spacial score (nSPS) is 11.8. The zero-order valence-corrected chi connectivity index (χ0v) is 19.4. The Morgan fingerprint density at radius 3 is 2.23 bits per heavy atom. The quantitative estimate of drug-likeness (QED) is 0.556. The van der Waals surface area contributed by atoms with Crippen LogP contribution in [-0.2, 0) is 21.9 Å². The summed E-state index contributed by atoms with van der Waals surface area (Å²) in [5.41, 5.74) is 1.87. The van der Waals surface area contributed by atoms with E-state index in [-0.39, 0.29) is 36.0 Å². The minimum absolute atomic E-state index is 0.0197. The van der Waals surface area contributed by atoms with Crippen LogP contribution in [0.25, 0.3) is 0 Å². The Kier molecular flexibility index (Phi) is 9.85. The minimum Gasteiger partial charge on any atom is -0.497 e. The molecule has 0 heterocycles. The molecule has 2 rings (SSSR count). The van der Waals surface area contributed by atoms with Crippen molar-refractivity contribution in [2.45, 2.75) is 51.6 Å². The number of ether oxygens (including phenoxy) is 1. The largest absolute Gasteiger partial charge is 0.497 e. The lowest BCUT2D eigenvalue weighted by Gasteiger charge is -2.31. The third kappa shape index (κ3) is 7.90. The van der Waals surface area contributed by atoms with Crippen molar-refractivity contribution >= 4 is 23.6 Å². The van der Waals surface area contributed by atoms with Crippen molar-refractivity contribution in [3.63, 3.8) is 0 Å². The van der Waals surface area contributed by atoms with Gasteiger partial charge in [-0.1, -0.05) is 31.2 Å². The lowest BCUT2D eigenvalue weighted by Crippen LogP contribution is -2.50. The number of nitrogens with zero attached hydrogens (tertiary/aromatic N) is 1. The average Bonchev–Trinajstić information content (AvgIpc) is 2.75. The predicted molar refractivity (Wildman–Crippen MR) is 123 cm³/mol. The summed E-state index contributed by atoms with van der Waals surface area (Å²) in [5.74, 6) is 1.09. The Hall–Kier alpha value is -2.54. The van der Waals surface area contributed by atoms with E-state index in [0.29, 0.717) is 12.2 Å². The highest BCUT2D eigenvalue weighted by Crippen LogP contribution is 2.19. The molecular formula is C24H31FN2O3S. The van der Waals surface area contributed by atoms with Gasteiger partial charge in [0.2, 0.25) is 11.8 Å². The van der Waals surface area contributed by atoms with Crippen LogP contribution in [0, 0.1) is 5.82 Å². The van der Waals surface area contributed by atoms with Gasteiger partial charge in [-0.15, -0.1) is 11.8 Å². The summed E-state index contributed by atoms with van der Waals surface area (Å²) in [6.45, 7) is 5.93. The standard InChI is InChI=1S/C24H31FN2O3S/c1-5-22(24(29)26-17(2)3)27(14-18-6-10-20(25)11-7-18)23(28)16-31-15-19-8-12-21(30-4)13-9-19/h6-13,17,22H,5,14-16H2,1-4H3,(H,26,29). The molecule has 0 radical (unpaired) electrons. The molecular weight excluding hydrogens is 415 g/mol. The average molecular weight is 447 g/mol. The van der Waals surface area contributed by atoms with Gasteiger partial charge in [0, 0.05) is 18.3 Å². The van der Waals surface area contributed by atoms with Crippen LogP contribution in [0.3, 0.4) is 0 Å². The van der Waals surface area contributed by atoms with Crippen LogP contribution >= 0.6 is 11.8 Å². The molecule has 0 fully saturated rings. The number of carbonyl (C=O) groups is 2. The number of thioether (sulfide) groups is 1. The number of benzene rings is 2. The lowest BCUT2D eigenvalue weighted by atomic mass is 10.1. The molecule has 0 aliphatic carbocycles. The van der Waals surface area contributed by atoms with E-state index < -0.39 is 6.04 Å². The van der Waals surface area contributed by atoms with Gasteiger partial charge in [-0.3, -0.25) is 9.59 Å². The fourth-order valence-electron chi connectivity index (χ4n) is 3.15. The van der Waals surface area contributed by atoms with Crippen LogP contribution in [0.1, 0.15) is 38.3 Å². The van der Waals surface area contributed by atoms with Gasteiger partial charge in [-0.2, -0.15) is 0 Å². The smallest absolute Gasteiger partial charge is 0.243 e. The van der Waals surface area contributed by atoms with Gasteiger partial charge in [0.15, 0.2) is 0 Å². The van der Waals surface area contributed by atoms with Crippen molar-refractivity contribution in [3.8, 4) is 5.75 Å². The number of hydrogen-bond donors (Lipinski definition) is 1. The second kappa shape index (κ2) is 12.3. The SMILES string of the molecule is CCC(C(=O)NC(C)C)N(Cc1ccc(F)cc1)C(=O)CSCc1ccc(OC)cc1. The topological polar surface area (TPSA) is 58.6 Å². The first-order valence-corrected chi connectivity index (χ1v) is 11.5. The number of carbonyl (C=O) groups excluding carboxylic acids is 2. The molecule has 1 atom stereocenters. The van der Waals surface area contributed by atoms with Gasteiger partial charge in [0.05, 0.1) is 12.9 Å². The summed E-state index contributed by atoms with van der Waals surface area (Å²) in [4.78, 5) is 27.5. The molecule has 2 aromatic rings. The van der Waals surface area contributed by atoms with Crippen molar-refractivity contribution in [1.29, 1.82) is 0 Å². The second-order valence-electron chi connectivity index (χ2n) is 7.58. The highest BCUT2D eigenvalue weighted by molar-refractivity contribution is 7.99. The first-order chi connectivity index (χ1) is 14.8. The van der Waals surface area contributed by atoms with E-state index in [1.807, 2.05) is 45.0 Å². The molecule has 168 valence electrons. The lowest BCUT2D eigenvalue weighted by molar-refractivity contribution is -0.139. The summed E-state index contributed by atoms with van der Waals surface area (Å²) in [6, 6.07) is 13.1. The van der Waals surface area contributed by atoms with E-state index in [1.165, 1.54) is 23.9 Å². The molecule has 1 N–H and O–H groups in total. The molecule has 2 aromatic carbocycles. The molecule has 2 amide bonds. The molecule has 31 heavy (non-hydrogen) atoms. The number of amides is 2. The number of methoxy groups -OCH3 is 1. The van der Waals surface area contributed by atoms with Gasteiger partial charge < -0.3 is 15.0 Å². The molecule has 0 saturated heterocycles. The molecule has 1 unspecified atom stereocenters. The zero-order valence-electron chi connectivity index (χ0n) is 18.6. The van der Waals surface area contributed by atoms with Crippen molar-refractivity contribution in [1.82, 2.24) is 10.2 Å². The van der Waals surface area contributed by atoms with E-state index in [2.05, 4.69) is 5.32 Å². The number of rotatable bonds is 11. The molecule has 0 aromatic heterocycles. The zero-order chi connectivity index (χ0) is 22.8. The number of nitrogens with one attached hydrogen (secondary N) is 1.